The number of nitrogens with zero attached hydrogens (tertiary/aromatic N) is 2. The van der Waals surface area contributed by atoms with Crippen LogP contribution >= 0.6 is 0 Å². The van der Waals surface area contributed by atoms with E-state index in [0.717, 1.165) is 25.9 Å². The molecule has 216 valence electrons. The second-order valence-corrected chi connectivity index (χ2v) is 12.0. The standard InChI is InChI=1S/C32H61N3O2/c1-3-5-7-9-11-13-18-22-26-34(27-23-19-14-12-10-8-6-4-2)28-35-31(36)30(33-32(35)37)29-24-20-16-15-17-21-25-29/h29-30H,3-28H2,1-2H3,(H,33,37). The Morgan fingerprint density at radius 2 is 1.08 bits per heavy atom. The van der Waals surface area contributed by atoms with E-state index in [1.54, 1.807) is 4.90 Å². The molecule has 1 aliphatic carbocycles. The van der Waals surface area contributed by atoms with Gasteiger partial charge >= 0.3 is 6.03 Å². The minimum absolute atomic E-state index is 0.0346. The molecular weight excluding hydrogens is 458 g/mol. The molecular formula is C32H61N3O2. The van der Waals surface area contributed by atoms with Crippen LogP contribution in [0.1, 0.15) is 162 Å². The van der Waals surface area contributed by atoms with Crippen molar-refractivity contribution in [2.24, 2.45) is 5.92 Å². The van der Waals surface area contributed by atoms with Gasteiger partial charge in [0.05, 0.1) is 6.67 Å². The lowest BCUT2D eigenvalue weighted by molar-refractivity contribution is -0.130. The lowest BCUT2D eigenvalue weighted by Crippen LogP contribution is -2.43. The van der Waals surface area contributed by atoms with Crippen molar-refractivity contribution in [3.63, 3.8) is 0 Å². The van der Waals surface area contributed by atoms with E-state index in [4.69, 9.17) is 0 Å². The summed E-state index contributed by atoms with van der Waals surface area (Å²) in [5.41, 5.74) is 0. The molecule has 2 fully saturated rings. The Morgan fingerprint density at radius 1 is 0.649 bits per heavy atom. The normalized spacial score (nSPS) is 19.4. The molecule has 0 aromatic rings. The van der Waals surface area contributed by atoms with Gasteiger partial charge in [-0.15, -0.1) is 0 Å². The number of carbonyl (C=O) groups is 2. The average molecular weight is 520 g/mol. The Bertz CT molecular complexity index is 569. The number of carbonyl (C=O) groups excluding carboxylic acids is 2. The van der Waals surface area contributed by atoms with E-state index in [1.165, 1.54) is 135 Å². The molecule has 1 unspecified atom stereocenters. The van der Waals surface area contributed by atoms with Crippen LogP contribution in [0.25, 0.3) is 0 Å². The fraction of sp³-hybridized carbons (Fsp3) is 0.938. The topological polar surface area (TPSA) is 52.6 Å². The maximum atomic E-state index is 13.4. The van der Waals surface area contributed by atoms with Gasteiger partial charge in [0.25, 0.3) is 5.91 Å². The Kier molecular flexibility index (Phi) is 18.1. The number of amides is 3. The molecule has 1 saturated carbocycles. The fourth-order valence-electron chi connectivity index (χ4n) is 6.21. The Balaban J connectivity index is 1.80. The summed E-state index contributed by atoms with van der Waals surface area (Å²) < 4.78 is 0. The minimum Gasteiger partial charge on any atom is -0.325 e. The van der Waals surface area contributed by atoms with Crippen LogP contribution in [0, 0.1) is 5.92 Å². The first kappa shape index (κ1) is 32.1. The van der Waals surface area contributed by atoms with Gasteiger partial charge < -0.3 is 5.32 Å². The van der Waals surface area contributed by atoms with Gasteiger partial charge in [-0.25, -0.2) is 9.69 Å². The quantitative estimate of drug-likeness (QED) is 0.122. The predicted molar refractivity (Wildman–Crippen MR) is 157 cm³/mol. The van der Waals surface area contributed by atoms with Crippen LogP contribution in [0.3, 0.4) is 0 Å². The fourth-order valence-corrected chi connectivity index (χ4v) is 6.21. The lowest BCUT2D eigenvalue weighted by Gasteiger charge is -2.27. The van der Waals surface area contributed by atoms with Gasteiger partial charge in [0.2, 0.25) is 0 Å². The van der Waals surface area contributed by atoms with Crippen LogP contribution in [-0.2, 0) is 4.79 Å². The van der Waals surface area contributed by atoms with E-state index < -0.39 is 0 Å². The summed E-state index contributed by atoms with van der Waals surface area (Å²) in [5.74, 6) is 0.350. The van der Waals surface area contributed by atoms with Crippen LogP contribution in [0.4, 0.5) is 4.79 Å². The summed E-state index contributed by atoms with van der Waals surface area (Å²) in [5, 5.41) is 3.09. The number of unbranched alkanes of at least 4 members (excludes halogenated alkanes) is 14. The zero-order chi connectivity index (χ0) is 26.6. The summed E-state index contributed by atoms with van der Waals surface area (Å²) in [7, 11) is 0. The molecule has 5 nitrogen and oxygen atoms in total. The van der Waals surface area contributed by atoms with E-state index in [-0.39, 0.29) is 18.0 Å². The Labute approximate surface area is 229 Å². The maximum Gasteiger partial charge on any atom is 0.325 e. The summed E-state index contributed by atoms with van der Waals surface area (Å²) in [4.78, 5) is 30.2. The highest BCUT2D eigenvalue weighted by Crippen LogP contribution is 2.28. The molecule has 0 spiro atoms. The second-order valence-electron chi connectivity index (χ2n) is 12.0. The third kappa shape index (κ3) is 13.5. The van der Waals surface area contributed by atoms with Gasteiger partial charge in [0.1, 0.15) is 6.04 Å². The van der Waals surface area contributed by atoms with Gasteiger partial charge in [-0.3, -0.25) is 9.69 Å². The number of imide groups is 1. The zero-order valence-electron chi connectivity index (χ0n) is 24.8. The molecule has 1 aliphatic heterocycles. The smallest absolute Gasteiger partial charge is 0.325 e. The molecule has 1 N–H and O–H groups in total. The molecule has 5 heteroatoms. The number of urea groups is 1. The van der Waals surface area contributed by atoms with Gasteiger partial charge in [0.15, 0.2) is 0 Å². The van der Waals surface area contributed by atoms with Crippen molar-refractivity contribution in [2.75, 3.05) is 19.8 Å². The van der Waals surface area contributed by atoms with E-state index in [1.807, 2.05) is 0 Å². The van der Waals surface area contributed by atoms with Crippen LogP contribution in [0.2, 0.25) is 0 Å². The van der Waals surface area contributed by atoms with E-state index in [2.05, 4.69) is 24.1 Å². The average Bonchev–Trinajstić information content (AvgIpc) is 3.15. The molecule has 0 aromatic heterocycles. The summed E-state index contributed by atoms with van der Waals surface area (Å²) in [6.07, 6.45) is 29.3. The van der Waals surface area contributed by atoms with Crippen molar-refractivity contribution in [3.05, 3.63) is 0 Å². The molecule has 37 heavy (non-hydrogen) atoms. The minimum atomic E-state index is -0.293. The van der Waals surface area contributed by atoms with E-state index in [9.17, 15) is 9.59 Å². The van der Waals surface area contributed by atoms with Crippen LogP contribution in [0.5, 0.6) is 0 Å². The largest absolute Gasteiger partial charge is 0.325 e. The third-order valence-corrected chi connectivity index (χ3v) is 8.67. The number of hydrogen-bond acceptors (Lipinski definition) is 3. The van der Waals surface area contributed by atoms with Crippen LogP contribution in [-0.4, -0.2) is 47.5 Å². The van der Waals surface area contributed by atoms with Crippen LogP contribution in [0.15, 0.2) is 0 Å². The summed E-state index contributed by atoms with van der Waals surface area (Å²) >= 11 is 0. The van der Waals surface area contributed by atoms with E-state index in [0.29, 0.717) is 12.6 Å². The monoisotopic (exact) mass is 519 g/mol. The molecule has 0 bridgehead atoms. The third-order valence-electron chi connectivity index (χ3n) is 8.67. The number of rotatable bonds is 21. The second kappa shape index (κ2) is 20.8. The zero-order valence-corrected chi connectivity index (χ0v) is 24.8. The van der Waals surface area contributed by atoms with Crippen LogP contribution < -0.4 is 5.32 Å². The van der Waals surface area contributed by atoms with Crippen molar-refractivity contribution in [3.8, 4) is 0 Å². The van der Waals surface area contributed by atoms with Gasteiger partial charge in [-0.2, -0.15) is 0 Å². The Morgan fingerprint density at radius 3 is 1.57 bits per heavy atom. The molecule has 2 rings (SSSR count). The van der Waals surface area contributed by atoms with Gasteiger partial charge in [0, 0.05) is 0 Å². The van der Waals surface area contributed by atoms with Crippen molar-refractivity contribution < 1.29 is 9.59 Å². The van der Waals surface area contributed by atoms with E-state index >= 15 is 0 Å². The highest BCUT2D eigenvalue weighted by molar-refractivity contribution is 6.04. The molecule has 3 amide bonds. The van der Waals surface area contributed by atoms with Gasteiger partial charge in [-0.05, 0) is 44.7 Å². The van der Waals surface area contributed by atoms with Gasteiger partial charge in [-0.1, -0.05) is 136 Å². The predicted octanol–water partition coefficient (Wildman–Crippen LogP) is 8.81. The molecule has 0 aromatic carbocycles. The SMILES string of the molecule is CCCCCCCCCCN(CCCCCCCCCC)CN1C(=O)NC(C2CCCCCCC2)C1=O. The molecule has 1 heterocycles. The van der Waals surface area contributed by atoms with Crippen molar-refractivity contribution in [1.82, 2.24) is 15.1 Å². The number of nitrogens with one attached hydrogen (secondary N) is 1. The Hall–Kier alpha value is -1.10. The molecule has 1 saturated heterocycles. The van der Waals surface area contributed by atoms with Crippen molar-refractivity contribution in [1.29, 1.82) is 0 Å². The molecule has 0 radical (unpaired) electrons. The first-order chi connectivity index (χ1) is 18.2. The maximum absolute atomic E-state index is 13.4. The van der Waals surface area contributed by atoms with Crippen molar-refractivity contribution >= 4 is 11.9 Å². The lowest BCUT2D eigenvalue weighted by atomic mass is 9.86. The number of hydrogen-bond donors (Lipinski definition) is 1. The molecule has 2 aliphatic rings. The first-order valence-electron chi connectivity index (χ1n) is 16.5. The highest BCUT2D eigenvalue weighted by Gasteiger charge is 2.42. The molecule has 1 atom stereocenters. The first-order valence-corrected chi connectivity index (χ1v) is 16.5. The summed E-state index contributed by atoms with van der Waals surface area (Å²) in [6, 6.07) is -0.451. The van der Waals surface area contributed by atoms with Crippen molar-refractivity contribution in [2.45, 2.75) is 168 Å². The summed E-state index contributed by atoms with van der Waals surface area (Å²) in [6.45, 7) is 7.01. The highest BCUT2D eigenvalue weighted by atomic mass is 16.2.